The maximum atomic E-state index is 12.9. The predicted molar refractivity (Wildman–Crippen MR) is 116 cm³/mol. The first-order valence-electron chi connectivity index (χ1n) is 9.71. The molecule has 7 heteroatoms. The number of carbonyl (C=O) groups is 1. The summed E-state index contributed by atoms with van der Waals surface area (Å²) in [4.78, 5) is 12.9. The Balaban J connectivity index is 1.50. The first kappa shape index (κ1) is 20.2. The van der Waals surface area contributed by atoms with Gasteiger partial charge in [0, 0.05) is 34.3 Å². The molecule has 0 spiro atoms. The zero-order chi connectivity index (χ0) is 21.1. The van der Waals surface area contributed by atoms with Crippen LogP contribution in [0.3, 0.4) is 0 Å². The molecule has 0 aliphatic carbocycles. The van der Waals surface area contributed by atoms with Crippen LogP contribution in [0.15, 0.2) is 65.3 Å². The number of benzene rings is 2. The van der Waals surface area contributed by atoms with Crippen molar-refractivity contribution in [3.8, 4) is 5.69 Å². The van der Waals surface area contributed by atoms with E-state index < -0.39 is 0 Å². The van der Waals surface area contributed by atoms with Crippen molar-refractivity contribution in [2.24, 2.45) is 0 Å². The number of hydrogen-bond acceptors (Lipinski definition) is 4. The van der Waals surface area contributed by atoms with Gasteiger partial charge < -0.3 is 14.5 Å². The number of nitrogens with one attached hydrogen (secondary N) is 1. The van der Waals surface area contributed by atoms with Crippen molar-refractivity contribution < 1.29 is 13.9 Å². The standard InChI is InChI=1S/C23H22ClN3O3/c1-15(2)29-14-20-19-5-3-4-6-21(19)30-22(20)23(28)25-11-16-12-26-27(13-16)18-9-7-17(24)8-10-18/h3-10,12-13,15H,11,14H2,1-2H3,(H,25,28). The maximum absolute atomic E-state index is 12.9. The van der Waals surface area contributed by atoms with Crippen molar-refractivity contribution in [3.63, 3.8) is 0 Å². The van der Waals surface area contributed by atoms with E-state index in [2.05, 4.69) is 10.4 Å². The van der Waals surface area contributed by atoms with Gasteiger partial charge in [0.2, 0.25) is 0 Å². The van der Waals surface area contributed by atoms with E-state index in [4.69, 9.17) is 20.8 Å². The quantitative estimate of drug-likeness (QED) is 0.447. The fourth-order valence-corrected chi connectivity index (χ4v) is 3.25. The Bertz CT molecular complexity index is 1160. The lowest BCUT2D eigenvalue weighted by Crippen LogP contribution is -2.23. The van der Waals surface area contributed by atoms with E-state index in [0.29, 0.717) is 23.8 Å². The molecule has 0 radical (unpaired) electrons. The number of nitrogens with zero attached hydrogens (tertiary/aromatic N) is 2. The first-order chi connectivity index (χ1) is 14.5. The average Bonchev–Trinajstić information content (AvgIpc) is 3.36. The van der Waals surface area contributed by atoms with Gasteiger partial charge in [-0.2, -0.15) is 5.10 Å². The summed E-state index contributed by atoms with van der Waals surface area (Å²) in [6.45, 7) is 4.56. The van der Waals surface area contributed by atoms with E-state index in [0.717, 1.165) is 22.2 Å². The third-order valence-corrected chi connectivity index (χ3v) is 4.90. The van der Waals surface area contributed by atoms with E-state index in [-0.39, 0.29) is 17.8 Å². The number of amides is 1. The summed E-state index contributed by atoms with van der Waals surface area (Å²) in [5.74, 6) is -0.00487. The molecular weight excluding hydrogens is 402 g/mol. The number of hydrogen-bond donors (Lipinski definition) is 1. The highest BCUT2D eigenvalue weighted by atomic mass is 35.5. The summed E-state index contributed by atoms with van der Waals surface area (Å²) < 4.78 is 13.3. The van der Waals surface area contributed by atoms with Gasteiger partial charge in [-0.15, -0.1) is 0 Å². The lowest BCUT2D eigenvalue weighted by molar-refractivity contribution is 0.0643. The Kier molecular flexibility index (Phi) is 5.88. The monoisotopic (exact) mass is 423 g/mol. The summed E-state index contributed by atoms with van der Waals surface area (Å²) in [6.07, 6.45) is 3.63. The van der Waals surface area contributed by atoms with Crippen LogP contribution in [0, 0.1) is 0 Å². The molecular formula is C23H22ClN3O3. The number of ether oxygens (including phenoxy) is 1. The van der Waals surface area contributed by atoms with E-state index in [1.165, 1.54) is 0 Å². The van der Waals surface area contributed by atoms with E-state index in [1.54, 1.807) is 10.9 Å². The van der Waals surface area contributed by atoms with Crippen LogP contribution in [0.25, 0.3) is 16.7 Å². The Morgan fingerprint density at radius 1 is 1.20 bits per heavy atom. The second-order valence-electron chi connectivity index (χ2n) is 7.22. The van der Waals surface area contributed by atoms with Crippen LogP contribution in [0.1, 0.15) is 35.5 Å². The number of furan rings is 1. The van der Waals surface area contributed by atoms with Crippen molar-refractivity contribution in [3.05, 3.63) is 82.8 Å². The van der Waals surface area contributed by atoms with Gasteiger partial charge >= 0.3 is 0 Å². The summed E-state index contributed by atoms with van der Waals surface area (Å²) in [5, 5.41) is 8.82. The molecule has 0 saturated heterocycles. The second-order valence-corrected chi connectivity index (χ2v) is 7.65. The van der Waals surface area contributed by atoms with Gasteiger partial charge in [-0.25, -0.2) is 4.68 Å². The van der Waals surface area contributed by atoms with Crippen LogP contribution in [-0.4, -0.2) is 21.8 Å². The topological polar surface area (TPSA) is 69.3 Å². The lowest BCUT2D eigenvalue weighted by atomic mass is 10.1. The van der Waals surface area contributed by atoms with Gasteiger partial charge in [0.05, 0.1) is 24.6 Å². The van der Waals surface area contributed by atoms with Gasteiger partial charge in [-0.1, -0.05) is 29.8 Å². The molecule has 154 valence electrons. The number of rotatable bonds is 7. The van der Waals surface area contributed by atoms with Gasteiger partial charge in [0.15, 0.2) is 5.76 Å². The molecule has 2 heterocycles. The predicted octanol–water partition coefficient (Wildman–Crippen LogP) is 5.13. The zero-order valence-electron chi connectivity index (χ0n) is 16.8. The summed E-state index contributed by atoms with van der Waals surface area (Å²) in [5.41, 5.74) is 3.19. The number of carbonyl (C=O) groups excluding carboxylic acids is 1. The maximum Gasteiger partial charge on any atom is 0.287 e. The van der Waals surface area contributed by atoms with Gasteiger partial charge in [-0.3, -0.25) is 4.79 Å². The minimum absolute atomic E-state index is 0.0493. The van der Waals surface area contributed by atoms with Crippen molar-refractivity contribution in [1.82, 2.24) is 15.1 Å². The molecule has 0 saturated carbocycles. The van der Waals surface area contributed by atoms with Crippen molar-refractivity contribution in [2.75, 3.05) is 0 Å². The molecule has 0 fully saturated rings. The van der Waals surface area contributed by atoms with Crippen LogP contribution in [0.5, 0.6) is 0 Å². The third-order valence-electron chi connectivity index (χ3n) is 4.65. The summed E-state index contributed by atoms with van der Waals surface area (Å²) in [7, 11) is 0. The fraction of sp³-hybridized carbons (Fsp3) is 0.217. The van der Waals surface area contributed by atoms with E-state index >= 15 is 0 Å². The zero-order valence-corrected chi connectivity index (χ0v) is 17.5. The molecule has 0 atom stereocenters. The van der Waals surface area contributed by atoms with Crippen molar-refractivity contribution in [1.29, 1.82) is 0 Å². The highest BCUT2D eigenvalue weighted by Gasteiger charge is 2.21. The highest BCUT2D eigenvalue weighted by molar-refractivity contribution is 6.30. The lowest BCUT2D eigenvalue weighted by Gasteiger charge is -2.08. The molecule has 0 aliphatic rings. The Morgan fingerprint density at radius 2 is 1.97 bits per heavy atom. The fourth-order valence-electron chi connectivity index (χ4n) is 3.12. The van der Waals surface area contributed by atoms with Gasteiger partial charge in [0.25, 0.3) is 5.91 Å². The molecule has 1 amide bonds. The number of halogens is 1. The first-order valence-corrected chi connectivity index (χ1v) is 10.1. The Labute approximate surface area is 179 Å². The van der Waals surface area contributed by atoms with Crippen molar-refractivity contribution >= 4 is 28.5 Å². The van der Waals surface area contributed by atoms with Crippen molar-refractivity contribution in [2.45, 2.75) is 33.1 Å². The Morgan fingerprint density at radius 3 is 2.73 bits per heavy atom. The molecule has 4 rings (SSSR count). The number of fused-ring (bicyclic) bond motifs is 1. The van der Waals surface area contributed by atoms with Crippen LogP contribution in [-0.2, 0) is 17.9 Å². The normalized spacial score (nSPS) is 11.3. The largest absolute Gasteiger partial charge is 0.451 e. The van der Waals surface area contributed by atoms with Crippen LogP contribution in [0.4, 0.5) is 0 Å². The molecule has 1 N–H and O–H groups in total. The van der Waals surface area contributed by atoms with Gasteiger partial charge in [-0.05, 0) is 44.2 Å². The van der Waals surface area contributed by atoms with E-state index in [1.807, 2.05) is 68.6 Å². The smallest absolute Gasteiger partial charge is 0.287 e. The number of aromatic nitrogens is 2. The SMILES string of the molecule is CC(C)OCc1c(C(=O)NCc2cnn(-c3ccc(Cl)cc3)c2)oc2ccccc12. The summed E-state index contributed by atoms with van der Waals surface area (Å²) >= 11 is 5.93. The minimum Gasteiger partial charge on any atom is -0.451 e. The van der Waals surface area contributed by atoms with Crippen LogP contribution in [0.2, 0.25) is 5.02 Å². The van der Waals surface area contributed by atoms with E-state index in [9.17, 15) is 4.79 Å². The highest BCUT2D eigenvalue weighted by Crippen LogP contribution is 2.27. The molecule has 2 aromatic carbocycles. The molecule has 6 nitrogen and oxygen atoms in total. The third kappa shape index (κ3) is 4.40. The molecule has 30 heavy (non-hydrogen) atoms. The van der Waals surface area contributed by atoms with Crippen LogP contribution >= 0.6 is 11.6 Å². The average molecular weight is 424 g/mol. The van der Waals surface area contributed by atoms with Crippen LogP contribution < -0.4 is 5.32 Å². The Hall–Kier alpha value is -3.09. The number of para-hydroxylation sites is 1. The molecule has 0 aliphatic heterocycles. The molecule has 0 unspecified atom stereocenters. The second kappa shape index (κ2) is 8.73. The molecule has 0 bridgehead atoms. The molecule has 4 aromatic rings. The van der Waals surface area contributed by atoms with Gasteiger partial charge in [0.1, 0.15) is 5.58 Å². The summed E-state index contributed by atoms with van der Waals surface area (Å²) in [6, 6.07) is 15.0. The minimum atomic E-state index is -0.284. The molecule has 2 aromatic heterocycles.